The number of halogens is 2. The lowest BCUT2D eigenvalue weighted by Gasteiger charge is -2.00. The summed E-state index contributed by atoms with van der Waals surface area (Å²) in [6.07, 6.45) is -2.54. The molecule has 0 aliphatic heterocycles. The number of esters is 1. The first-order chi connectivity index (χ1) is 4.66. The van der Waals surface area contributed by atoms with Gasteiger partial charge in [0.25, 0.3) is 6.43 Å². The van der Waals surface area contributed by atoms with E-state index in [0.29, 0.717) is 0 Å². The Hall–Kier alpha value is -0.710. The zero-order valence-electron chi connectivity index (χ0n) is 5.47. The third-order valence-corrected chi connectivity index (χ3v) is 0.691. The quantitative estimate of drug-likeness (QED) is 0.551. The highest BCUT2D eigenvalue weighted by atomic mass is 19.3. The largest absolute Gasteiger partial charge is 0.467 e. The molecule has 0 radical (unpaired) electrons. The van der Waals surface area contributed by atoms with Gasteiger partial charge in [0.05, 0.1) is 7.11 Å². The van der Waals surface area contributed by atoms with E-state index >= 15 is 0 Å². The summed E-state index contributed by atoms with van der Waals surface area (Å²) in [6.45, 7) is -1.14. The highest BCUT2D eigenvalue weighted by Crippen LogP contribution is 1.91. The van der Waals surface area contributed by atoms with Gasteiger partial charge in [0, 0.05) is 0 Å². The molecule has 0 aromatic heterocycles. The fraction of sp³-hybridized carbons (Fsp3) is 0.800. The molecule has 0 bridgehead atoms. The van der Waals surface area contributed by atoms with E-state index < -0.39 is 25.6 Å². The molecular weight excluding hydrogens is 146 g/mol. The van der Waals surface area contributed by atoms with E-state index in [1.807, 2.05) is 0 Å². The van der Waals surface area contributed by atoms with Gasteiger partial charge in [0.2, 0.25) is 0 Å². The topological polar surface area (TPSA) is 35.5 Å². The molecule has 0 unspecified atom stereocenters. The maximum absolute atomic E-state index is 11.3. The normalized spacial score (nSPS) is 10.0. The Bertz CT molecular complexity index is 105. The van der Waals surface area contributed by atoms with Crippen LogP contribution in [0.1, 0.15) is 0 Å². The van der Waals surface area contributed by atoms with Gasteiger partial charge in [-0.15, -0.1) is 0 Å². The molecule has 0 saturated carbocycles. The minimum atomic E-state index is -2.54. The molecule has 0 amide bonds. The predicted octanol–water partition coefficient (Wildman–Crippen LogP) is 0.441. The van der Waals surface area contributed by atoms with E-state index in [1.165, 1.54) is 0 Å². The smallest absolute Gasteiger partial charge is 0.331 e. The van der Waals surface area contributed by atoms with Crippen LogP contribution in [0.5, 0.6) is 0 Å². The first-order valence-corrected chi connectivity index (χ1v) is 2.59. The van der Waals surface area contributed by atoms with Crippen LogP contribution in [0.15, 0.2) is 0 Å². The number of hydrogen-bond donors (Lipinski definition) is 0. The van der Waals surface area contributed by atoms with Crippen molar-refractivity contribution in [3.63, 3.8) is 0 Å². The third kappa shape index (κ3) is 5.43. The van der Waals surface area contributed by atoms with Crippen molar-refractivity contribution in [2.24, 2.45) is 0 Å². The van der Waals surface area contributed by atoms with E-state index in [2.05, 4.69) is 9.47 Å². The molecule has 0 aliphatic carbocycles. The van der Waals surface area contributed by atoms with Crippen molar-refractivity contribution >= 4 is 5.97 Å². The SMILES string of the molecule is COC(=O)COCC(F)F. The molecule has 0 aliphatic rings. The Morgan fingerprint density at radius 1 is 1.60 bits per heavy atom. The summed E-state index contributed by atoms with van der Waals surface area (Å²) in [5.41, 5.74) is 0. The van der Waals surface area contributed by atoms with Gasteiger partial charge >= 0.3 is 5.97 Å². The van der Waals surface area contributed by atoms with Crippen LogP contribution in [0.25, 0.3) is 0 Å². The minimum Gasteiger partial charge on any atom is -0.467 e. The van der Waals surface area contributed by atoms with Crippen LogP contribution in [0.2, 0.25) is 0 Å². The standard InChI is InChI=1S/C5H8F2O3/c1-9-5(8)3-10-2-4(6)7/h4H,2-3H2,1H3. The van der Waals surface area contributed by atoms with Crippen LogP contribution in [-0.2, 0) is 14.3 Å². The molecule has 0 heterocycles. The van der Waals surface area contributed by atoms with Gasteiger partial charge in [-0.25, -0.2) is 13.6 Å². The Balaban J connectivity index is 3.12. The van der Waals surface area contributed by atoms with Crippen molar-refractivity contribution in [2.75, 3.05) is 20.3 Å². The number of hydrogen-bond acceptors (Lipinski definition) is 3. The molecule has 0 aromatic rings. The first kappa shape index (κ1) is 9.29. The van der Waals surface area contributed by atoms with Crippen molar-refractivity contribution < 1.29 is 23.0 Å². The summed E-state index contributed by atoms with van der Waals surface area (Å²) in [7, 11) is 1.16. The van der Waals surface area contributed by atoms with Gasteiger partial charge in [0.15, 0.2) is 0 Å². The summed E-state index contributed by atoms with van der Waals surface area (Å²) in [4.78, 5) is 10.2. The van der Waals surface area contributed by atoms with Crippen LogP contribution in [0.3, 0.4) is 0 Å². The molecule has 0 rings (SSSR count). The molecule has 0 N–H and O–H groups in total. The van der Waals surface area contributed by atoms with Gasteiger partial charge in [-0.05, 0) is 0 Å². The van der Waals surface area contributed by atoms with Crippen LogP contribution < -0.4 is 0 Å². The van der Waals surface area contributed by atoms with Gasteiger partial charge < -0.3 is 9.47 Å². The summed E-state index contributed by atoms with van der Waals surface area (Å²) in [5.74, 6) is -0.652. The second-order valence-electron chi connectivity index (χ2n) is 1.48. The molecule has 60 valence electrons. The van der Waals surface area contributed by atoms with Crippen molar-refractivity contribution in [3.8, 4) is 0 Å². The lowest BCUT2D eigenvalue weighted by atomic mass is 10.7. The highest BCUT2D eigenvalue weighted by Gasteiger charge is 2.04. The highest BCUT2D eigenvalue weighted by molar-refractivity contribution is 5.70. The molecule has 5 heteroatoms. The van der Waals surface area contributed by atoms with Crippen LogP contribution in [-0.4, -0.2) is 32.7 Å². The first-order valence-electron chi connectivity index (χ1n) is 2.59. The van der Waals surface area contributed by atoms with E-state index in [4.69, 9.17) is 0 Å². The number of ether oxygens (including phenoxy) is 2. The number of alkyl halides is 2. The molecule has 0 saturated heterocycles. The molecule has 0 atom stereocenters. The molecular formula is C5H8F2O3. The second kappa shape index (κ2) is 5.10. The zero-order valence-corrected chi connectivity index (χ0v) is 5.47. The Kier molecular flexibility index (Phi) is 4.74. The Morgan fingerprint density at radius 2 is 2.20 bits per heavy atom. The van der Waals surface area contributed by atoms with Crippen molar-refractivity contribution in [1.82, 2.24) is 0 Å². The van der Waals surface area contributed by atoms with E-state index in [1.54, 1.807) is 0 Å². The van der Waals surface area contributed by atoms with Gasteiger partial charge in [-0.1, -0.05) is 0 Å². The maximum atomic E-state index is 11.3. The third-order valence-electron chi connectivity index (χ3n) is 0.691. The molecule has 0 aromatic carbocycles. The molecule has 0 fully saturated rings. The second-order valence-corrected chi connectivity index (χ2v) is 1.48. The lowest BCUT2D eigenvalue weighted by molar-refractivity contribution is -0.147. The van der Waals surface area contributed by atoms with Crippen molar-refractivity contribution in [2.45, 2.75) is 6.43 Å². The number of methoxy groups -OCH3 is 1. The van der Waals surface area contributed by atoms with E-state index in [9.17, 15) is 13.6 Å². The lowest BCUT2D eigenvalue weighted by Crippen LogP contribution is -2.13. The summed E-state index contributed by atoms with van der Waals surface area (Å²) >= 11 is 0. The summed E-state index contributed by atoms with van der Waals surface area (Å²) in [6, 6.07) is 0. The molecule has 3 nitrogen and oxygen atoms in total. The number of carbonyl (C=O) groups excluding carboxylic acids is 1. The Labute approximate surface area is 56.9 Å². The predicted molar refractivity (Wildman–Crippen MR) is 28.8 cm³/mol. The Morgan fingerprint density at radius 3 is 2.60 bits per heavy atom. The number of rotatable bonds is 4. The summed E-state index contributed by atoms with van der Waals surface area (Å²) < 4.78 is 31.0. The fourth-order valence-corrected chi connectivity index (χ4v) is 0.290. The van der Waals surface area contributed by atoms with Gasteiger partial charge in [0.1, 0.15) is 13.2 Å². The average Bonchev–Trinajstić information content (AvgIpc) is 1.87. The van der Waals surface area contributed by atoms with Crippen LogP contribution in [0, 0.1) is 0 Å². The maximum Gasteiger partial charge on any atom is 0.331 e. The number of carbonyl (C=O) groups is 1. The van der Waals surface area contributed by atoms with Crippen LogP contribution in [0.4, 0.5) is 8.78 Å². The van der Waals surface area contributed by atoms with E-state index in [-0.39, 0.29) is 0 Å². The average molecular weight is 154 g/mol. The van der Waals surface area contributed by atoms with E-state index in [0.717, 1.165) is 7.11 Å². The molecule has 10 heavy (non-hydrogen) atoms. The summed E-state index contributed by atoms with van der Waals surface area (Å²) in [5, 5.41) is 0. The minimum absolute atomic E-state index is 0.416. The zero-order chi connectivity index (χ0) is 7.98. The van der Waals surface area contributed by atoms with Crippen molar-refractivity contribution in [1.29, 1.82) is 0 Å². The fourth-order valence-electron chi connectivity index (χ4n) is 0.290. The van der Waals surface area contributed by atoms with Crippen molar-refractivity contribution in [3.05, 3.63) is 0 Å². The molecule has 0 spiro atoms. The van der Waals surface area contributed by atoms with Crippen LogP contribution >= 0.6 is 0 Å². The monoisotopic (exact) mass is 154 g/mol. The van der Waals surface area contributed by atoms with Gasteiger partial charge in [-0.3, -0.25) is 0 Å². The van der Waals surface area contributed by atoms with Gasteiger partial charge in [-0.2, -0.15) is 0 Å².